The van der Waals surface area contributed by atoms with E-state index in [1.165, 1.54) is 5.56 Å². The van der Waals surface area contributed by atoms with E-state index in [1.54, 1.807) is 6.33 Å². The highest BCUT2D eigenvalue weighted by molar-refractivity contribution is 5.67. The van der Waals surface area contributed by atoms with Gasteiger partial charge in [0.2, 0.25) is 0 Å². The van der Waals surface area contributed by atoms with Crippen LogP contribution in [0, 0.1) is 0 Å². The van der Waals surface area contributed by atoms with E-state index in [1.807, 2.05) is 48.0 Å². The van der Waals surface area contributed by atoms with Gasteiger partial charge in [0.25, 0.3) is 0 Å². The van der Waals surface area contributed by atoms with Gasteiger partial charge in [0.05, 0.1) is 12.0 Å². The molecule has 0 aliphatic heterocycles. The zero-order chi connectivity index (χ0) is 11.9. The van der Waals surface area contributed by atoms with Crippen molar-refractivity contribution in [3.63, 3.8) is 0 Å². The molecule has 0 spiro atoms. The summed E-state index contributed by atoms with van der Waals surface area (Å²) < 4.78 is 7.22. The first kappa shape index (κ1) is 11.6. The molecule has 3 nitrogen and oxygen atoms in total. The van der Waals surface area contributed by atoms with Crippen molar-refractivity contribution in [3.05, 3.63) is 54.1 Å². The maximum atomic E-state index is 5.29. The number of ether oxygens (including phenoxy) is 1. The van der Waals surface area contributed by atoms with Crippen molar-refractivity contribution in [2.24, 2.45) is 0 Å². The molecule has 17 heavy (non-hydrogen) atoms. The van der Waals surface area contributed by atoms with Gasteiger partial charge in [-0.1, -0.05) is 36.4 Å². The van der Waals surface area contributed by atoms with Crippen LogP contribution in [0.4, 0.5) is 0 Å². The first-order valence-electron chi connectivity index (χ1n) is 5.71. The van der Waals surface area contributed by atoms with Crippen LogP contribution in [0.1, 0.15) is 18.2 Å². The smallest absolute Gasteiger partial charge is 0.123 e. The number of hydrogen-bond donors (Lipinski definition) is 0. The lowest BCUT2D eigenvalue weighted by Gasteiger charge is -1.99. The van der Waals surface area contributed by atoms with Gasteiger partial charge in [-0.3, -0.25) is 0 Å². The predicted octanol–water partition coefficient (Wildman–Crippen LogP) is 3.05. The fourth-order valence-electron chi connectivity index (χ4n) is 1.48. The lowest BCUT2D eigenvalue weighted by molar-refractivity contribution is 0.0877. The Bertz CT molecular complexity index is 474. The third-order valence-corrected chi connectivity index (χ3v) is 2.34. The Morgan fingerprint density at radius 3 is 2.82 bits per heavy atom. The molecule has 1 aromatic heterocycles. The zero-order valence-corrected chi connectivity index (χ0v) is 9.91. The summed E-state index contributed by atoms with van der Waals surface area (Å²) in [4.78, 5) is 4.28. The van der Waals surface area contributed by atoms with E-state index in [0.29, 0.717) is 13.3 Å². The molecular weight excluding hydrogens is 212 g/mol. The van der Waals surface area contributed by atoms with E-state index in [0.717, 1.165) is 5.69 Å². The number of rotatable bonds is 5. The molecule has 0 atom stereocenters. The average Bonchev–Trinajstić information content (AvgIpc) is 2.83. The standard InChI is InChI=1S/C14H16N2O/c1-2-17-12-16-10-14(15-11-16)9-8-13-6-4-3-5-7-13/h3-11H,2,12H2,1H3/b9-8-. The van der Waals surface area contributed by atoms with Crippen molar-refractivity contribution in [1.82, 2.24) is 9.55 Å². The number of imidazole rings is 1. The lowest BCUT2D eigenvalue weighted by atomic mass is 10.2. The molecule has 0 aliphatic rings. The molecule has 0 N–H and O–H groups in total. The molecule has 2 aromatic rings. The minimum absolute atomic E-state index is 0.558. The van der Waals surface area contributed by atoms with Gasteiger partial charge in [0.1, 0.15) is 6.73 Å². The fourth-order valence-corrected chi connectivity index (χ4v) is 1.48. The summed E-state index contributed by atoms with van der Waals surface area (Å²) in [6, 6.07) is 10.2. The number of nitrogens with zero attached hydrogens (tertiary/aromatic N) is 2. The van der Waals surface area contributed by atoms with Crippen LogP contribution in [0.5, 0.6) is 0 Å². The van der Waals surface area contributed by atoms with Crippen LogP contribution in [0.2, 0.25) is 0 Å². The Morgan fingerprint density at radius 2 is 2.06 bits per heavy atom. The van der Waals surface area contributed by atoms with Crippen molar-refractivity contribution in [3.8, 4) is 0 Å². The lowest BCUT2D eigenvalue weighted by Crippen LogP contribution is -1.98. The van der Waals surface area contributed by atoms with Crippen LogP contribution in [0.15, 0.2) is 42.9 Å². The highest BCUT2D eigenvalue weighted by atomic mass is 16.5. The topological polar surface area (TPSA) is 27.1 Å². The van der Waals surface area contributed by atoms with Crippen LogP contribution in [0.25, 0.3) is 12.2 Å². The normalized spacial score (nSPS) is 11.1. The van der Waals surface area contributed by atoms with E-state index in [9.17, 15) is 0 Å². The van der Waals surface area contributed by atoms with Gasteiger partial charge < -0.3 is 9.30 Å². The Morgan fingerprint density at radius 1 is 1.24 bits per heavy atom. The van der Waals surface area contributed by atoms with Crippen LogP contribution in [-0.4, -0.2) is 16.2 Å². The molecule has 2 rings (SSSR count). The molecule has 0 aliphatic carbocycles. The van der Waals surface area contributed by atoms with Gasteiger partial charge in [-0.2, -0.15) is 0 Å². The summed E-state index contributed by atoms with van der Waals surface area (Å²) in [5.41, 5.74) is 2.11. The Labute approximate surface area is 101 Å². The monoisotopic (exact) mass is 228 g/mol. The van der Waals surface area contributed by atoms with Gasteiger partial charge >= 0.3 is 0 Å². The third-order valence-electron chi connectivity index (χ3n) is 2.34. The SMILES string of the molecule is CCOCn1cnc(/C=C\c2ccccc2)c1. The fraction of sp³-hybridized carbons (Fsp3) is 0.214. The Kier molecular flexibility index (Phi) is 4.11. The molecule has 0 radical (unpaired) electrons. The summed E-state index contributed by atoms with van der Waals surface area (Å²) in [6.07, 6.45) is 7.79. The van der Waals surface area contributed by atoms with Crippen molar-refractivity contribution in [2.75, 3.05) is 6.61 Å². The minimum atomic E-state index is 0.558. The van der Waals surface area contributed by atoms with E-state index >= 15 is 0 Å². The summed E-state index contributed by atoms with van der Waals surface area (Å²) in [5, 5.41) is 0. The molecule has 0 amide bonds. The second kappa shape index (κ2) is 6.01. The maximum absolute atomic E-state index is 5.29. The predicted molar refractivity (Wildman–Crippen MR) is 69.2 cm³/mol. The molecule has 88 valence electrons. The Balaban J connectivity index is 1.99. The van der Waals surface area contributed by atoms with Gasteiger partial charge in [-0.15, -0.1) is 0 Å². The van der Waals surface area contributed by atoms with Gasteiger partial charge in [0.15, 0.2) is 0 Å². The van der Waals surface area contributed by atoms with E-state index < -0.39 is 0 Å². The van der Waals surface area contributed by atoms with Crippen molar-refractivity contribution >= 4 is 12.2 Å². The van der Waals surface area contributed by atoms with Gasteiger partial charge in [0, 0.05) is 12.8 Å². The van der Waals surface area contributed by atoms with E-state index in [2.05, 4.69) is 17.1 Å². The third kappa shape index (κ3) is 3.57. The van der Waals surface area contributed by atoms with Crippen LogP contribution in [-0.2, 0) is 11.5 Å². The second-order valence-corrected chi connectivity index (χ2v) is 3.68. The molecule has 0 saturated carbocycles. The number of hydrogen-bond acceptors (Lipinski definition) is 2. The first-order valence-corrected chi connectivity index (χ1v) is 5.71. The quantitative estimate of drug-likeness (QED) is 0.786. The first-order chi connectivity index (χ1) is 8.38. The average molecular weight is 228 g/mol. The second-order valence-electron chi connectivity index (χ2n) is 3.68. The van der Waals surface area contributed by atoms with E-state index in [4.69, 9.17) is 4.74 Å². The van der Waals surface area contributed by atoms with Crippen molar-refractivity contribution < 1.29 is 4.74 Å². The molecule has 1 aromatic carbocycles. The van der Waals surface area contributed by atoms with E-state index in [-0.39, 0.29) is 0 Å². The highest BCUT2D eigenvalue weighted by Crippen LogP contribution is 2.06. The van der Waals surface area contributed by atoms with Gasteiger partial charge in [-0.25, -0.2) is 4.98 Å². The number of aromatic nitrogens is 2. The molecule has 0 bridgehead atoms. The summed E-state index contributed by atoms with van der Waals surface area (Å²) in [7, 11) is 0. The molecule has 0 fully saturated rings. The maximum Gasteiger partial charge on any atom is 0.123 e. The van der Waals surface area contributed by atoms with Gasteiger partial charge in [-0.05, 0) is 18.6 Å². The highest BCUT2D eigenvalue weighted by Gasteiger charge is 1.94. The van der Waals surface area contributed by atoms with Crippen LogP contribution in [0.3, 0.4) is 0 Å². The largest absolute Gasteiger partial charge is 0.361 e. The molecule has 0 unspecified atom stereocenters. The summed E-state index contributed by atoms with van der Waals surface area (Å²) >= 11 is 0. The molecule has 3 heteroatoms. The van der Waals surface area contributed by atoms with Crippen molar-refractivity contribution in [1.29, 1.82) is 0 Å². The summed E-state index contributed by atoms with van der Waals surface area (Å²) in [5.74, 6) is 0. The summed E-state index contributed by atoms with van der Waals surface area (Å²) in [6.45, 7) is 3.25. The van der Waals surface area contributed by atoms with Crippen LogP contribution >= 0.6 is 0 Å². The minimum Gasteiger partial charge on any atom is -0.361 e. The molecule has 1 heterocycles. The molecule has 0 saturated heterocycles. The van der Waals surface area contributed by atoms with Crippen LogP contribution < -0.4 is 0 Å². The Hall–Kier alpha value is -1.87. The molecular formula is C14H16N2O. The number of benzene rings is 1. The van der Waals surface area contributed by atoms with Crippen molar-refractivity contribution in [2.45, 2.75) is 13.7 Å². The zero-order valence-electron chi connectivity index (χ0n) is 9.91.